The fraction of sp³-hybridized carbons (Fsp3) is 0.368. The fourth-order valence-corrected chi connectivity index (χ4v) is 6.49. The van der Waals surface area contributed by atoms with Crippen molar-refractivity contribution < 1.29 is 17.7 Å². The summed E-state index contributed by atoms with van der Waals surface area (Å²) in [6.45, 7) is 1.44. The summed E-state index contributed by atoms with van der Waals surface area (Å²) in [7, 11) is -1.26. The van der Waals surface area contributed by atoms with Crippen LogP contribution >= 0.6 is 40.0 Å². The van der Waals surface area contributed by atoms with Crippen LogP contribution in [0.4, 0.5) is 20.2 Å². The molecule has 1 aliphatic rings. The van der Waals surface area contributed by atoms with Crippen LogP contribution in [0.3, 0.4) is 0 Å². The average molecular weight is 599 g/mol. The van der Waals surface area contributed by atoms with E-state index in [-0.39, 0.29) is 23.0 Å². The second kappa shape index (κ2) is 9.91. The third-order valence-electron chi connectivity index (χ3n) is 5.17. The minimum absolute atomic E-state index is 0.00900. The quantitative estimate of drug-likeness (QED) is 0.208. The van der Waals surface area contributed by atoms with E-state index in [0.29, 0.717) is 27.7 Å². The molecule has 1 aromatic carbocycles. The molecular weight excluding hydrogens is 580 g/mol. The van der Waals surface area contributed by atoms with Gasteiger partial charge < -0.3 is 10.1 Å². The maximum absolute atomic E-state index is 13.5. The minimum Gasteiger partial charge on any atom is -0.381 e. The number of fused-ring (bicyclic) bond motifs is 1. The lowest BCUT2D eigenvalue weighted by atomic mass is 9.91. The topological polar surface area (TPSA) is 69.0 Å². The van der Waals surface area contributed by atoms with Gasteiger partial charge in [0, 0.05) is 25.5 Å². The van der Waals surface area contributed by atoms with Gasteiger partial charge in [0.05, 0.1) is 33.4 Å². The average Bonchev–Trinajstić information content (AvgIpc) is 3.13. The van der Waals surface area contributed by atoms with Crippen molar-refractivity contribution in [2.45, 2.75) is 30.1 Å². The molecule has 0 amide bonds. The number of rotatable bonds is 6. The van der Waals surface area contributed by atoms with Gasteiger partial charge in [-0.2, -0.15) is 0 Å². The first-order chi connectivity index (χ1) is 14.9. The highest BCUT2D eigenvalue weighted by Gasteiger charge is 2.23. The highest BCUT2D eigenvalue weighted by atomic mass is 127. The molecule has 0 saturated carbocycles. The third kappa shape index (κ3) is 4.88. The monoisotopic (exact) mass is 598 g/mol. The summed E-state index contributed by atoms with van der Waals surface area (Å²) in [6, 6.07) is 7.36. The summed E-state index contributed by atoms with van der Waals surface area (Å²) in [4.78, 5) is 8.97. The minimum atomic E-state index is -2.74. The van der Waals surface area contributed by atoms with Gasteiger partial charge in [0.1, 0.15) is 10.7 Å². The summed E-state index contributed by atoms with van der Waals surface area (Å²) >= 11 is 8.19. The second-order valence-corrected chi connectivity index (χ2v) is 10.9. The number of alkyl halides is 2. The Hall–Kier alpha value is -0.940. The molecule has 2 aromatic heterocycles. The molecule has 31 heavy (non-hydrogen) atoms. The van der Waals surface area contributed by atoms with E-state index in [1.165, 1.54) is 4.34 Å². The number of aromatic nitrogens is 3. The Morgan fingerprint density at radius 1 is 1.29 bits per heavy atom. The zero-order valence-electron chi connectivity index (χ0n) is 16.4. The molecule has 2 atom stereocenters. The Balaban J connectivity index is 1.77. The number of pyridine rings is 1. The van der Waals surface area contributed by atoms with E-state index in [1.54, 1.807) is 12.3 Å². The number of hydrogen-bond acceptors (Lipinski definition) is 5. The maximum Gasteiger partial charge on any atom is 0.295 e. The SMILES string of the molecule is CS(=O)c1cc(C2CCOCC2)ccc1Nc1cc(Cl)nc2c1nc(C(F)F)n2PI. The lowest BCUT2D eigenvalue weighted by Gasteiger charge is -2.23. The summed E-state index contributed by atoms with van der Waals surface area (Å²) in [5.74, 6) is 0.0100. The Morgan fingerprint density at radius 3 is 2.68 bits per heavy atom. The van der Waals surface area contributed by atoms with E-state index in [1.807, 2.05) is 40.2 Å². The number of ether oxygens (including phenoxy) is 1. The molecular formula is C19H19ClF2IN4O2PS. The van der Waals surface area contributed by atoms with Crippen molar-refractivity contribution in [3.8, 4) is 0 Å². The summed E-state index contributed by atoms with van der Waals surface area (Å²) < 4.78 is 46.3. The molecule has 0 radical (unpaired) electrons. The first-order valence-corrected chi connectivity index (χ1v) is 15.4. The fourth-order valence-electron chi connectivity index (χ4n) is 3.67. The molecule has 1 saturated heterocycles. The van der Waals surface area contributed by atoms with Crippen LogP contribution in [0.5, 0.6) is 0 Å². The Labute approximate surface area is 200 Å². The predicted octanol–water partition coefficient (Wildman–Crippen LogP) is 6.19. The predicted molar refractivity (Wildman–Crippen MR) is 130 cm³/mol. The van der Waals surface area contributed by atoms with Gasteiger partial charge in [-0.1, -0.05) is 17.7 Å². The second-order valence-electron chi connectivity index (χ2n) is 7.08. The van der Waals surface area contributed by atoms with Crippen molar-refractivity contribution in [1.29, 1.82) is 0 Å². The number of hydrogen-bond donors (Lipinski definition) is 1. The normalized spacial score (nSPS) is 16.6. The lowest BCUT2D eigenvalue weighted by molar-refractivity contribution is 0.0853. The highest BCUT2D eigenvalue weighted by Crippen LogP contribution is 2.39. The Bertz CT molecular complexity index is 1140. The highest BCUT2D eigenvalue weighted by molar-refractivity contribution is 14.2. The van der Waals surface area contributed by atoms with Gasteiger partial charge in [-0.15, -0.1) is 0 Å². The zero-order valence-corrected chi connectivity index (χ0v) is 21.1. The van der Waals surface area contributed by atoms with E-state index >= 15 is 0 Å². The van der Waals surface area contributed by atoms with Gasteiger partial charge in [-0.3, -0.25) is 8.55 Å². The Morgan fingerprint density at radius 2 is 2.03 bits per heavy atom. The van der Waals surface area contributed by atoms with Gasteiger partial charge >= 0.3 is 0 Å². The van der Waals surface area contributed by atoms with Crippen molar-refractivity contribution >= 4 is 73.4 Å². The molecule has 0 spiro atoms. The molecule has 1 fully saturated rings. The van der Waals surface area contributed by atoms with Crippen LogP contribution in [0.25, 0.3) is 11.2 Å². The van der Waals surface area contributed by atoms with E-state index in [0.717, 1.165) is 31.6 Å². The molecule has 166 valence electrons. The van der Waals surface area contributed by atoms with Crippen LogP contribution < -0.4 is 5.32 Å². The molecule has 2 unspecified atom stereocenters. The zero-order chi connectivity index (χ0) is 22.1. The number of benzene rings is 1. The Kier molecular flexibility index (Phi) is 7.42. The van der Waals surface area contributed by atoms with E-state index < -0.39 is 17.2 Å². The van der Waals surface area contributed by atoms with Gasteiger partial charge in [-0.25, -0.2) is 18.7 Å². The van der Waals surface area contributed by atoms with Crippen molar-refractivity contribution in [1.82, 2.24) is 14.3 Å². The van der Waals surface area contributed by atoms with Crippen molar-refractivity contribution in [3.63, 3.8) is 0 Å². The van der Waals surface area contributed by atoms with Crippen LogP contribution in [-0.4, -0.2) is 38.0 Å². The molecule has 12 heteroatoms. The van der Waals surface area contributed by atoms with Gasteiger partial charge in [0.15, 0.2) is 11.5 Å². The van der Waals surface area contributed by atoms with Crippen molar-refractivity contribution in [2.75, 3.05) is 24.8 Å². The number of anilines is 2. The smallest absolute Gasteiger partial charge is 0.295 e. The largest absolute Gasteiger partial charge is 0.381 e. The van der Waals surface area contributed by atoms with Crippen LogP contribution in [0.2, 0.25) is 5.15 Å². The van der Waals surface area contributed by atoms with Crippen LogP contribution in [0, 0.1) is 0 Å². The molecule has 6 nitrogen and oxygen atoms in total. The van der Waals surface area contributed by atoms with Gasteiger partial charge in [0.25, 0.3) is 6.43 Å². The molecule has 4 rings (SSSR count). The van der Waals surface area contributed by atoms with Gasteiger partial charge in [0.2, 0.25) is 0 Å². The summed E-state index contributed by atoms with van der Waals surface area (Å²) in [5.41, 5.74) is 2.76. The van der Waals surface area contributed by atoms with Crippen LogP contribution in [0.15, 0.2) is 29.2 Å². The first kappa shape index (κ1) is 23.2. The molecule has 0 bridgehead atoms. The molecule has 0 aliphatic carbocycles. The molecule has 3 heterocycles. The maximum atomic E-state index is 13.5. The van der Waals surface area contributed by atoms with Crippen molar-refractivity contribution in [2.24, 2.45) is 0 Å². The molecule has 1 N–H and O–H groups in total. The number of nitrogens with one attached hydrogen (secondary N) is 1. The van der Waals surface area contributed by atoms with E-state index in [2.05, 4.69) is 15.3 Å². The lowest BCUT2D eigenvalue weighted by Crippen LogP contribution is -2.14. The van der Waals surface area contributed by atoms with Crippen LogP contribution in [0.1, 0.15) is 36.6 Å². The molecule has 1 aliphatic heterocycles. The standard InChI is InChI=1S/C19H19ClF2IN4O2PS/c1-31(28)14-8-11(10-4-6-29-7-5-10)2-3-12(14)24-13-9-15(20)25-18-16(13)26-19(17(21)22)27(18)30-23/h2-3,8-10,17,30H,4-7H2,1H3,(H,24,25). The number of nitrogens with zero attached hydrogens (tertiary/aromatic N) is 3. The van der Waals surface area contributed by atoms with E-state index in [9.17, 15) is 13.0 Å². The van der Waals surface area contributed by atoms with E-state index in [4.69, 9.17) is 16.3 Å². The third-order valence-corrected chi connectivity index (χ3v) is 8.38. The number of halogens is 4. The van der Waals surface area contributed by atoms with Crippen LogP contribution in [-0.2, 0) is 15.5 Å². The molecule has 3 aromatic rings. The first-order valence-electron chi connectivity index (χ1n) is 9.45. The number of imidazole rings is 1. The van der Waals surface area contributed by atoms with Crippen molar-refractivity contribution in [3.05, 3.63) is 40.8 Å². The summed E-state index contributed by atoms with van der Waals surface area (Å²) in [6.07, 6.45) is 0.720. The summed E-state index contributed by atoms with van der Waals surface area (Å²) in [5, 5.41) is 3.37. The van der Waals surface area contributed by atoms with Gasteiger partial charge in [-0.05, 0) is 58.5 Å².